The molecule has 2 nitrogen and oxygen atoms in total. The third kappa shape index (κ3) is 5.25. The molecule has 0 radical (unpaired) electrons. The summed E-state index contributed by atoms with van der Waals surface area (Å²) in [4.78, 5) is 0. The molecule has 0 aliphatic heterocycles. The third-order valence-corrected chi connectivity index (χ3v) is 6.12. The van der Waals surface area contributed by atoms with E-state index in [9.17, 15) is 0 Å². The Kier molecular flexibility index (Phi) is 6.55. The van der Waals surface area contributed by atoms with E-state index in [1.807, 2.05) is 0 Å². The Balaban J connectivity index is 1.81. The summed E-state index contributed by atoms with van der Waals surface area (Å²) >= 11 is 0. The maximum atomic E-state index is 6.12. The van der Waals surface area contributed by atoms with E-state index < -0.39 is 0 Å². The van der Waals surface area contributed by atoms with E-state index in [0.29, 0.717) is 11.5 Å². The first kappa shape index (κ1) is 17.3. The molecule has 2 saturated carbocycles. The summed E-state index contributed by atoms with van der Waals surface area (Å²) in [5, 5.41) is 3.94. The molecular weight excluding hydrogens is 256 g/mol. The minimum Gasteiger partial charge on any atom is -0.329 e. The van der Waals surface area contributed by atoms with Gasteiger partial charge in [0.1, 0.15) is 0 Å². The highest BCUT2D eigenvalue weighted by Gasteiger charge is 2.33. The fourth-order valence-corrected chi connectivity index (χ4v) is 4.53. The maximum absolute atomic E-state index is 6.12. The average molecular weight is 295 g/mol. The van der Waals surface area contributed by atoms with Crippen LogP contribution in [0.5, 0.6) is 0 Å². The molecule has 2 rings (SSSR count). The average Bonchev–Trinajstić information content (AvgIpc) is 2.72. The van der Waals surface area contributed by atoms with Crippen LogP contribution < -0.4 is 11.1 Å². The van der Waals surface area contributed by atoms with Crippen LogP contribution in [-0.4, -0.2) is 18.6 Å². The summed E-state index contributed by atoms with van der Waals surface area (Å²) in [6.07, 6.45) is 14.0. The third-order valence-electron chi connectivity index (χ3n) is 6.12. The molecule has 21 heavy (non-hydrogen) atoms. The summed E-state index contributed by atoms with van der Waals surface area (Å²) in [7, 11) is 0. The van der Waals surface area contributed by atoms with Gasteiger partial charge < -0.3 is 11.1 Å². The van der Waals surface area contributed by atoms with Gasteiger partial charge in [-0.3, -0.25) is 0 Å². The van der Waals surface area contributed by atoms with Crippen LogP contribution in [0.4, 0.5) is 0 Å². The zero-order valence-corrected chi connectivity index (χ0v) is 14.7. The molecule has 0 aromatic carbocycles. The Hall–Kier alpha value is -0.0800. The summed E-state index contributed by atoms with van der Waals surface area (Å²) in [6, 6.07) is 1.30. The molecule has 2 heteroatoms. The monoisotopic (exact) mass is 294 g/mol. The fourth-order valence-electron chi connectivity index (χ4n) is 4.53. The standard InChI is InChI=1S/C19H38N2/c1-19(2,3)16-12-10-15(11-13-16)18(14-20)21-17-8-6-4-5-7-9-17/h15-18,21H,4-14,20H2,1-3H3. The van der Waals surface area contributed by atoms with Gasteiger partial charge in [-0.15, -0.1) is 0 Å². The molecule has 0 amide bonds. The van der Waals surface area contributed by atoms with Gasteiger partial charge in [-0.25, -0.2) is 0 Å². The quantitative estimate of drug-likeness (QED) is 0.750. The van der Waals surface area contributed by atoms with Crippen LogP contribution >= 0.6 is 0 Å². The van der Waals surface area contributed by atoms with E-state index >= 15 is 0 Å². The summed E-state index contributed by atoms with van der Waals surface area (Å²) in [5.41, 5.74) is 6.60. The largest absolute Gasteiger partial charge is 0.329 e. The Labute approximate surface area is 132 Å². The molecule has 124 valence electrons. The van der Waals surface area contributed by atoms with Crippen LogP contribution in [0.25, 0.3) is 0 Å². The fraction of sp³-hybridized carbons (Fsp3) is 1.00. The lowest BCUT2D eigenvalue weighted by Crippen LogP contribution is -2.48. The van der Waals surface area contributed by atoms with Gasteiger partial charge in [0, 0.05) is 18.6 Å². The highest BCUT2D eigenvalue weighted by atomic mass is 15.0. The van der Waals surface area contributed by atoms with Crippen molar-refractivity contribution in [3.63, 3.8) is 0 Å². The second-order valence-electron chi connectivity index (χ2n) is 8.68. The van der Waals surface area contributed by atoms with E-state index in [-0.39, 0.29) is 0 Å². The summed E-state index contributed by atoms with van der Waals surface area (Å²) in [6.45, 7) is 8.04. The summed E-state index contributed by atoms with van der Waals surface area (Å²) in [5.74, 6) is 1.72. The highest BCUT2D eigenvalue weighted by Crippen LogP contribution is 2.40. The lowest BCUT2D eigenvalue weighted by atomic mass is 9.68. The number of nitrogens with two attached hydrogens (primary N) is 1. The van der Waals surface area contributed by atoms with E-state index in [1.165, 1.54) is 64.2 Å². The number of hydrogen-bond acceptors (Lipinski definition) is 2. The molecule has 3 N–H and O–H groups in total. The van der Waals surface area contributed by atoms with Gasteiger partial charge in [-0.05, 0) is 55.8 Å². The molecule has 0 spiro atoms. The molecule has 1 atom stereocenters. The molecular formula is C19H38N2. The van der Waals surface area contributed by atoms with Crippen molar-refractivity contribution in [2.75, 3.05) is 6.54 Å². The van der Waals surface area contributed by atoms with E-state index in [4.69, 9.17) is 5.73 Å². The number of hydrogen-bond donors (Lipinski definition) is 2. The van der Waals surface area contributed by atoms with E-state index in [1.54, 1.807) is 0 Å². The van der Waals surface area contributed by atoms with Crippen LogP contribution in [0, 0.1) is 17.3 Å². The van der Waals surface area contributed by atoms with Crippen LogP contribution in [0.15, 0.2) is 0 Å². The van der Waals surface area contributed by atoms with Gasteiger partial charge in [0.25, 0.3) is 0 Å². The minimum atomic E-state index is 0.484. The second kappa shape index (κ2) is 7.97. The Bertz CT molecular complexity index is 278. The van der Waals surface area contributed by atoms with E-state index in [0.717, 1.165) is 24.4 Å². The second-order valence-corrected chi connectivity index (χ2v) is 8.68. The van der Waals surface area contributed by atoms with E-state index in [2.05, 4.69) is 26.1 Å². The van der Waals surface area contributed by atoms with Crippen molar-refractivity contribution >= 4 is 0 Å². The lowest BCUT2D eigenvalue weighted by molar-refractivity contribution is 0.130. The summed E-state index contributed by atoms with van der Waals surface area (Å²) < 4.78 is 0. The molecule has 0 heterocycles. The number of nitrogens with one attached hydrogen (secondary N) is 1. The molecule has 2 fully saturated rings. The first-order valence-corrected chi connectivity index (χ1v) is 9.47. The normalized spacial score (nSPS) is 30.9. The van der Waals surface area contributed by atoms with Crippen molar-refractivity contribution in [3.8, 4) is 0 Å². The van der Waals surface area contributed by atoms with Gasteiger partial charge in [0.15, 0.2) is 0 Å². The Morgan fingerprint density at radius 1 is 0.905 bits per heavy atom. The molecule has 0 bridgehead atoms. The maximum Gasteiger partial charge on any atom is 0.0221 e. The zero-order valence-electron chi connectivity index (χ0n) is 14.7. The van der Waals surface area contributed by atoms with Crippen LogP contribution in [0.3, 0.4) is 0 Å². The van der Waals surface area contributed by atoms with Crippen molar-refractivity contribution < 1.29 is 0 Å². The molecule has 0 aromatic heterocycles. The van der Waals surface area contributed by atoms with Crippen molar-refractivity contribution in [1.29, 1.82) is 0 Å². The molecule has 0 saturated heterocycles. The predicted molar refractivity (Wildman–Crippen MR) is 92.4 cm³/mol. The van der Waals surface area contributed by atoms with Gasteiger partial charge >= 0.3 is 0 Å². The highest BCUT2D eigenvalue weighted by molar-refractivity contribution is 4.88. The molecule has 2 aliphatic rings. The van der Waals surface area contributed by atoms with Crippen molar-refractivity contribution in [1.82, 2.24) is 5.32 Å². The molecule has 0 aromatic rings. The van der Waals surface area contributed by atoms with Crippen molar-refractivity contribution in [3.05, 3.63) is 0 Å². The molecule has 2 aliphatic carbocycles. The van der Waals surface area contributed by atoms with Gasteiger partial charge in [0.2, 0.25) is 0 Å². The first-order valence-electron chi connectivity index (χ1n) is 9.47. The van der Waals surface area contributed by atoms with Crippen LogP contribution in [0.1, 0.15) is 85.0 Å². The topological polar surface area (TPSA) is 38.0 Å². The first-order chi connectivity index (χ1) is 10.0. The van der Waals surface area contributed by atoms with Crippen molar-refractivity contribution in [2.45, 2.75) is 97.1 Å². The van der Waals surface area contributed by atoms with Crippen LogP contribution in [0.2, 0.25) is 0 Å². The SMILES string of the molecule is CC(C)(C)C1CCC(C(CN)NC2CCCCCC2)CC1. The van der Waals surface area contributed by atoms with Gasteiger partial charge in [-0.2, -0.15) is 0 Å². The minimum absolute atomic E-state index is 0.484. The lowest BCUT2D eigenvalue weighted by Gasteiger charge is -2.40. The van der Waals surface area contributed by atoms with Gasteiger partial charge in [-0.1, -0.05) is 46.5 Å². The van der Waals surface area contributed by atoms with Gasteiger partial charge in [0.05, 0.1) is 0 Å². The Morgan fingerprint density at radius 3 is 1.95 bits per heavy atom. The zero-order chi connectivity index (χ0) is 15.3. The predicted octanol–water partition coefficient (Wildman–Crippen LogP) is 4.48. The smallest absolute Gasteiger partial charge is 0.0221 e. The molecule has 1 unspecified atom stereocenters. The number of rotatable bonds is 4. The Morgan fingerprint density at radius 2 is 1.48 bits per heavy atom. The van der Waals surface area contributed by atoms with Crippen molar-refractivity contribution in [2.24, 2.45) is 23.0 Å². The van der Waals surface area contributed by atoms with Crippen LogP contribution in [-0.2, 0) is 0 Å².